The van der Waals surface area contributed by atoms with Gasteiger partial charge in [0.05, 0.1) is 16.8 Å². The molecular weight excluding hydrogens is 414 g/mol. The first-order valence-electron chi connectivity index (χ1n) is 10.7. The smallest absolute Gasteiger partial charge is 0.251 e. The third-order valence-electron chi connectivity index (χ3n) is 5.75. The Morgan fingerprint density at radius 2 is 1.94 bits per heavy atom. The number of anilines is 1. The summed E-state index contributed by atoms with van der Waals surface area (Å²) in [4.78, 5) is 30.0. The van der Waals surface area contributed by atoms with Gasteiger partial charge in [-0.3, -0.25) is 9.78 Å². The van der Waals surface area contributed by atoms with Gasteiger partial charge < -0.3 is 15.0 Å². The zero-order valence-electron chi connectivity index (χ0n) is 18.4. The number of aromatic nitrogens is 5. The van der Waals surface area contributed by atoms with E-state index in [0.29, 0.717) is 12.1 Å². The molecule has 0 unspecified atom stereocenters. The number of fused-ring (bicyclic) bond motifs is 2. The number of nitrogens with zero attached hydrogens (tertiary/aromatic N) is 5. The van der Waals surface area contributed by atoms with E-state index in [1.54, 1.807) is 31.8 Å². The molecule has 0 radical (unpaired) electrons. The van der Waals surface area contributed by atoms with Crippen LogP contribution < -0.4 is 10.6 Å². The highest BCUT2D eigenvalue weighted by Crippen LogP contribution is 2.27. The van der Waals surface area contributed by atoms with Gasteiger partial charge in [0, 0.05) is 61.3 Å². The Hall–Kier alpha value is -4.33. The van der Waals surface area contributed by atoms with Crippen LogP contribution in [0.25, 0.3) is 27.8 Å². The van der Waals surface area contributed by atoms with Crippen LogP contribution in [0, 0.1) is 0 Å². The first kappa shape index (κ1) is 20.6. The van der Waals surface area contributed by atoms with E-state index in [1.165, 1.54) is 0 Å². The monoisotopic (exact) mass is 437 g/mol. The third-order valence-corrected chi connectivity index (χ3v) is 5.75. The highest BCUT2D eigenvalue weighted by Gasteiger charge is 2.15. The van der Waals surface area contributed by atoms with Crippen molar-refractivity contribution < 1.29 is 4.79 Å². The van der Waals surface area contributed by atoms with Gasteiger partial charge in [-0.15, -0.1) is 0 Å². The van der Waals surface area contributed by atoms with E-state index < -0.39 is 0 Å². The topological polar surface area (TPSA) is 97.1 Å². The molecule has 0 fully saturated rings. The molecule has 0 bridgehead atoms. The quantitative estimate of drug-likeness (QED) is 0.418. The number of rotatable bonds is 6. The number of carbonyl (C=O) groups excluding carboxylic acids is 1. The molecule has 2 N–H and O–H groups in total. The average molecular weight is 438 g/mol. The lowest BCUT2D eigenvalue weighted by Gasteiger charge is -2.16. The minimum atomic E-state index is -0.118. The number of hydrogen-bond acceptors (Lipinski definition) is 6. The molecule has 0 spiro atoms. The van der Waals surface area contributed by atoms with E-state index >= 15 is 0 Å². The van der Waals surface area contributed by atoms with Crippen LogP contribution in [0.4, 0.5) is 5.82 Å². The Bertz CT molecular complexity index is 1460. The van der Waals surface area contributed by atoms with Crippen LogP contribution in [-0.4, -0.2) is 43.8 Å². The van der Waals surface area contributed by atoms with E-state index in [9.17, 15) is 4.79 Å². The van der Waals surface area contributed by atoms with Gasteiger partial charge in [0.1, 0.15) is 17.8 Å². The fourth-order valence-corrected chi connectivity index (χ4v) is 3.98. The molecule has 5 aromatic rings. The van der Waals surface area contributed by atoms with Crippen LogP contribution >= 0.6 is 0 Å². The molecule has 1 atom stereocenters. The molecular formula is C25H23N7O. The van der Waals surface area contributed by atoms with Crippen molar-refractivity contribution in [3.8, 4) is 11.3 Å². The van der Waals surface area contributed by atoms with Crippen LogP contribution in [-0.2, 0) is 0 Å². The van der Waals surface area contributed by atoms with Gasteiger partial charge in [-0.2, -0.15) is 0 Å². The Labute approximate surface area is 190 Å². The van der Waals surface area contributed by atoms with E-state index in [2.05, 4.69) is 43.6 Å². The Kier molecular flexibility index (Phi) is 5.40. The van der Waals surface area contributed by atoms with Gasteiger partial charge >= 0.3 is 0 Å². The lowest BCUT2D eigenvalue weighted by atomic mass is 9.96. The number of benzene rings is 1. The molecule has 33 heavy (non-hydrogen) atoms. The minimum absolute atomic E-state index is 0.118. The summed E-state index contributed by atoms with van der Waals surface area (Å²) in [6.45, 7) is 2.78. The number of pyridine rings is 2. The molecule has 1 aromatic carbocycles. The maximum absolute atomic E-state index is 12.3. The average Bonchev–Trinajstić information content (AvgIpc) is 3.34. The van der Waals surface area contributed by atoms with E-state index in [-0.39, 0.29) is 11.8 Å². The molecule has 0 aliphatic carbocycles. The van der Waals surface area contributed by atoms with Crippen LogP contribution in [0.3, 0.4) is 0 Å². The van der Waals surface area contributed by atoms with E-state index in [0.717, 1.165) is 39.2 Å². The molecule has 0 saturated carbocycles. The SMILES string of the molecule is CNC(=O)c1ccnc2c([C@@H](C)CNc3cc(-c4ccn5ccnc5c4)ncn3)cccc12. The molecule has 1 amide bonds. The van der Waals surface area contributed by atoms with Crippen molar-refractivity contribution in [1.82, 2.24) is 29.7 Å². The van der Waals surface area contributed by atoms with Gasteiger partial charge in [0.15, 0.2) is 0 Å². The summed E-state index contributed by atoms with van der Waals surface area (Å²) in [5.41, 5.74) is 5.21. The number of carbonyl (C=O) groups is 1. The lowest BCUT2D eigenvalue weighted by molar-refractivity contribution is 0.0964. The highest BCUT2D eigenvalue weighted by atomic mass is 16.1. The predicted molar refractivity (Wildman–Crippen MR) is 128 cm³/mol. The standard InChI is InChI=1S/C25H23N7O/c1-16(18-4-3-5-19-20(25(33)26-2)6-8-28-24(18)19)14-29-22-13-21(30-15-31-22)17-7-10-32-11-9-27-23(32)12-17/h3-13,15-16H,14H2,1-2H3,(H,26,33)(H,29,30,31)/t16-/m0/s1. The Balaban J connectivity index is 1.37. The van der Waals surface area contributed by atoms with Crippen LogP contribution in [0.2, 0.25) is 0 Å². The van der Waals surface area contributed by atoms with Crippen molar-refractivity contribution in [2.75, 3.05) is 18.9 Å². The van der Waals surface area contributed by atoms with Gasteiger partial charge in [-0.25, -0.2) is 15.0 Å². The second-order valence-corrected chi connectivity index (χ2v) is 7.86. The third kappa shape index (κ3) is 3.98. The molecule has 8 nitrogen and oxygen atoms in total. The second-order valence-electron chi connectivity index (χ2n) is 7.86. The number of amides is 1. The van der Waals surface area contributed by atoms with Crippen molar-refractivity contribution in [3.05, 3.63) is 84.7 Å². The van der Waals surface area contributed by atoms with Gasteiger partial charge in [0.2, 0.25) is 0 Å². The molecule has 4 heterocycles. The first-order valence-corrected chi connectivity index (χ1v) is 10.7. The maximum Gasteiger partial charge on any atom is 0.251 e. The zero-order chi connectivity index (χ0) is 22.8. The fraction of sp³-hybridized carbons (Fsp3) is 0.160. The summed E-state index contributed by atoms with van der Waals surface area (Å²) in [6, 6.07) is 13.7. The van der Waals surface area contributed by atoms with Gasteiger partial charge in [0.25, 0.3) is 5.91 Å². The van der Waals surface area contributed by atoms with Crippen molar-refractivity contribution in [1.29, 1.82) is 0 Å². The van der Waals surface area contributed by atoms with Gasteiger partial charge in [-0.05, 0) is 23.8 Å². The summed E-state index contributed by atoms with van der Waals surface area (Å²) in [7, 11) is 1.63. The van der Waals surface area contributed by atoms with Crippen LogP contribution in [0.1, 0.15) is 28.8 Å². The molecule has 0 aliphatic rings. The van der Waals surface area contributed by atoms with Crippen molar-refractivity contribution in [2.45, 2.75) is 12.8 Å². The first-order chi connectivity index (χ1) is 16.1. The molecule has 164 valence electrons. The summed E-state index contributed by atoms with van der Waals surface area (Å²) < 4.78 is 1.96. The van der Waals surface area contributed by atoms with Crippen LogP contribution in [0.5, 0.6) is 0 Å². The summed E-state index contributed by atoms with van der Waals surface area (Å²) in [5.74, 6) is 0.766. The maximum atomic E-state index is 12.3. The van der Waals surface area contributed by atoms with E-state index in [1.807, 2.05) is 47.1 Å². The number of imidazole rings is 1. The lowest BCUT2D eigenvalue weighted by Crippen LogP contribution is -2.18. The summed E-state index contributed by atoms with van der Waals surface area (Å²) in [5, 5.41) is 6.96. The predicted octanol–water partition coefficient (Wildman–Crippen LogP) is 3.91. The molecule has 0 aliphatic heterocycles. The normalized spacial score (nSPS) is 12.1. The van der Waals surface area contributed by atoms with Crippen molar-refractivity contribution in [3.63, 3.8) is 0 Å². The molecule has 4 aromatic heterocycles. The fourth-order valence-electron chi connectivity index (χ4n) is 3.98. The summed E-state index contributed by atoms with van der Waals surface area (Å²) in [6.07, 6.45) is 8.90. The van der Waals surface area contributed by atoms with Crippen LogP contribution in [0.15, 0.2) is 73.6 Å². The van der Waals surface area contributed by atoms with Crippen molar-refractivity contribution >= 4 is 28.3 Å². The summed E-state index contributed by atoms with van der Waals surface area (Å²) >= 11 is 0. The second kappa shape index (κ2) is 8.66. The van der Waals surface area contributed by atoms with Gasteiger partial charge in [-0.1, -0.05) is 25.1 Å². The minimum Gasteiger partial charge on any atom is -0.369 e. The Morgan fingerprint density at radius 1 is 1.03 bits per heavy atom. The Morgan fingerprint density at radius 3 is 2.82 bits per heavy atom. The van der Waals surface area contributed by atoms with Crippen molar-refractivity contribution in [2.24, 2.45) is 0 Å². The number of hydrogen-bond donors (Lipinski definition) is 2. The number of nitrogens with one attached hydrogen (secondary N) is 2. The highest BCUT2D eigenvalue weighted by molar-refractivity contribution is 6.06. The largest absolute Gasteiger partial charge is 0.369 e. The molecule has 8 heteroatoms. The number of para-hydroxylation sites is 1. The molecule has 5 rings (SSSR count). The van der Waals surface area contributed by atoms with E-state index in [4.69, 9.17) is 0 Å². The molecule has 0 saturated heterocycles. The zero-order valence-corrected chi connectivity index (χ0v) is 18.4.